The van der Waals surface area contributed by atoms with Crippen LogP contribution in [0.2, 0.25) is 0 Å². The summed E-state index contributed by atoms with van der Waals surface area (Å²) in [5.41, 5.74) is 11.4. The first-order valence-electron chi connectivity index (χ1n) is 17.8. The van der Waals surface area contributed by atoms with Gasteiger partial charge in [-0.3, -0.25) is 0 Å². The molecule has 238 valence electrons. The molecular formula is C46H54. The molecule has 0 heteroatoms. The van der Waals surface area contributed by atoms with Crippen molar-refractivity contribution in [1.82, 2.24) is 0 Å². The molecule has 0 spiro atoms. The van der Waals surface area contributed by atoms with E-state index >= 15 is 0 Å². The molecule has 5 aromatic rings. The molecule has 0 saturated heterocycles. The van der Waals surface area contributed by atoms with Gasteiger partial charge in [-0.15, -0.1) is 0 Å². The van der Waals surface area contributed by atoms with Crippen molar-refractivity contribution < 1.29 is 2.74 Å². The van der Waals surface area contributed by atoms with Gasteiger partial charge in [-0.05, 0) is 101 Å². The van der Waals surface area contributed by atoms with Crippen LogP contribution in [0.1, 0.15) is 108 Å². The molecule has 0 saturated carbocycles. The van der Waals surface area contributed by atoms with Gasteiger partial charge in [0.2, 0.25) is 0 Å². The fraction of sp³-hybridized carbons (Fsp3) is 0.348. The fourth-order valence-electron chi connectivity index (χ4n) is 6.73. The van der Waals surface area contributed by atoms with Gasteiger partial charge >= 0.3 is 0 Å². The molecule has 0 fully saturated rings. The third-order valence-electron chi connectivity index (χ3n) is 9.02. The summed E-state index contributed by atoms with van der Waals surface area (Å²) in [6.45, 7) is 26.9. The smallest absolute Gasteiger partial charge is 0.0619 e. The van der Waals surface area contributed by atoms with E-state index in [1.54, 1.807) is 0 Å². The predicted molar refractivity (Wildman–Crippen MR) is 203 cm³/mol. The van der Waals surface area contributed by atoms with E-state index in [4.69, 9.17) is 0 Å². The Balaban J connectivity index is 2.15. The summed E-state index contributed by atoms with van der Waals surface area (Å²) in [5, 5.41) is 0. The Kier molecular flexibility index (Phi) is 8.04. The van der Waals surface area contributed by atoms with Crippen LogP contribution >= 0.6 is 0 Å². The van der Waals surface area contributed by atoms with Gasteiger partial charge in [0, 0.05) is 0 Å². The lowest BCUT2D eigenvalue weighted by Crippen LogP contribution is -2.15. The summed E-state index contributed by atoms with van der Waals surface area (Å²) in [7, 11) is 0. The lowest BCUT2D eigenvalue weighted by Gasteiger charge is -2.30. The van der Waals surface area contributed by atoms with E-state index in [9.17, 15) is 2.74 Å². The summed E-state index contributed by atoms with van der Waals surface area (Å²) in [5.74, 6) is 0. The zero-order valence-corrected chi connectivity index (χ0v) is 30.2. The van der Waals surface area contributed by atoms with Crippen LogP contribution in [-0.4, -0.2) is 0 Å². The lowest BCUT2D eigenvalue weighted by molar-refractivity contribution is 0.590. The Morgan fingerprint density at radius 1 is 0.283 bits per heavy atom. The van der Waals surface area contributed by atoms with E-state index < -0.39 is 0 Å². The third-order valence-corrected chi connectivity index (χ3v) is 9.02. The average molecular weight is 609 g/mol. The summed E-state index contributed by atoms with van der Waals surface area (Å²) >= 11 is 0. The SMILES string of the molecule is [2H]c1c(-c2ccccc2C(C)(C)C)c(-c2ccccc2C(C)(C)C)c([2H])c(-c2ccccc2C(C)(C)C)c1-c1ccccc1C(C)(C)C. The highest BCUT2D eigenvalue weighted by molar-refractivity contribution is 5.98. The van der Waals surface area contributed by atoms with Gasteiger partial charge in [-0.2, -0.15) is 0 Å². The van der Waals surface area contributed by atoms with Gasteiger partial charge in [0.25, 0.3) is 0 Å². The van der Waals surface area contributed by atoms with E-state index in [1.165, 1.54) is 22.3 Å². The summed E-state index contributed by atoms with van der Waals surface area (Å²) in [6, 6.07) is 35.1. The Morgan fingerprint density at radius 2 is 0.457 bits per heavy atom. The van der Waals surface area contributed by atoms with Crippen LogP contribution in [0, 0.1) is 0 Å². The highest BCUT2D eigenvalue weighted by Gasteiger charge is 2.28. The van der Waals surface area contributed by atoms with Crippen molar-refractivity contribution in [3.8, 4) is 44.5 Å². The fourth-order valence-corrected chi connectivity index (χ4v) is 6.73. The molecule has 46 heavy (non-hydrogen) atoms. The molecule has 0 unspecified atom stereocenters. The Hall–Kier alpha value is -3.90. The molecule has 5 aromatic carbocycles. The topological polar surface area (TPSA) is 0 Å². The standard InChI is InChI=1S/C46H54/c1-43(2,3)39-25-17-13-21-31(39)35-29-37(33-23-15-19-27-41(33)45(7,8)9)38(34-24-16-20-28-42(34)46(10,11)12)30-36(35)32-22-14-18-26-40(32)44(4,5)6/h13-30H,1-12H3/i29D,30D. The molecule has 0 N–H and O–H groups in total. The van der Waals surface area contributed by atoms with Gasteiger partial charge < -0.3 is 0 Å². The molecule has 0 bridgehead atoms. The summed E-state index contributed by atoms with van der Waals surface area (Å²) in [6.07, 6.45) is 0. The molecular weight excluding hydrogens is 553 g/mol. The monoisotopic (exact) mass is 608 g/mol. The predicted octanol–water partition coefficient (Wildman–Crippen LogP) is 13.5. The lowest BCUT2D eigenvalue weighted by atomic mass is 9.74. The third kappa shape index (κ3) is 6.64. The van der Waals surface area contributed by atoms with Crippen molar-refractivity contribution in [2.75, 3.05) is 0 Å². The van der Waals surface area contributed by atoms with Crippen LogP contribution < -0.4 is 0 Å². The first-order chi connectivity index (χ1) is 22.2. The zero-order chi connectivity index (χ0) is 35.4. The average Bonchev–Trinajstić information content (AvgIpc) is 3.00. The largest absolute Gasteiger partial charge is 0.0636 e. The van der Waals surface area contributed by atoms with Gasteiger partial charge in [-0.25, -0.2) is 0 Å². The van der Waals surface area contributed by atoms with Crippen LogP contribution in [-0.2, 0) is 21.7 Å². The van der Waals surface area contributed by atoms with E-state index in [-0.39, 0.29) is 21.7 Å². The van der Waals surface area contributed by atoms with E-state index in [2.05, 4.69) is 180 Å². The molecule has 5 rings (SSSR count). The number of rotatable bonds is 4. The molecule has 0 atom stereocenters. The maximum absolute atomic E-state index is 10.5. The van der Waals surface area contributed by atoms with Gasteiger partial charge in [-0.1, -0.05) is 180 Å². The van der Waals surface area contributed by atoms with Crippen molar-refractivity contribution in [3.63, 3.8) is 0 Å². The molecule has 0 aliphatic carbocycles. The highest BCUT2D eigenvalue weighted by atomic mass is 14.3. The summed E-state index contributed by atoms with van der Waals surface area (Å²) < 4.78 is 20.9. The molecule has 0 amide bonds. The van der Waals surface area contributed by atoms with Crippen molar-refractivity contribution in [2.45, 2.75) is 105 Å². The second-order valence-electron chi connectivity index (χ2n) is 16.9. The van der Waals surface area contributed by atoms with E-state index in [0.29, 0.717) is 12.1 Å². The van der Waals surface area contributed by atoms with Gasteiger partial charge in [0.05, 0.1) is 2.74 Å². The first kappa shape index (κ1) is 30.7. The quantitative estimate of drug-likeness (QED) is 0.190. The first-order valence-corrected chi connectivity index (χ1v) is 16.8. The van der Waals surface area contributed by atoms with E-state index in [1.807, 2.05) is 0 Å². The molecule has 0 nitrogen and oxygen atoms in total. The molecule has 0 aliphatic heterocycles. The molecule has 0 radical (unpaired) electrons. The second-order valence-corrected chi connectivity index (χ2v) is 16.9. The highest BCUT2D eigenvalue weighted by Crippen LogP contribution is 2.49. The number of hydrogen-bond donors (Lipinski definition) is 0. The second kappa shape index (κ2) is 12.0. The Morgan fingerprint density at radius 3 is 0.630 bits per heavy atom. The van der Waals surface area contributed by atoms with Gasteiger partial charge in [0.1, 0.15) is 0 Å². The van der Waals surface area contributed by atoms with Crippen molar-refractivity contribution in [3.05, 3.63) is 131 Å². The maximum atomic E-state index is 10.5. The van der Waals surface area contributed by atoms with Crippen LogP contribution in [0.25, 0.3) is 44.5 Å². The maximum Gasteiger partial charge on any atom is 0.0636 e. The van der Waals surface area contributed by atoms with Crippen molar-refractivity contribution in [2.24, 2.45) is 0 Å². The Bertz CT molecular complexity index is 1680. The number of benzene rings is 5. The van der Waals surface area contributed by atoms with Crippen LogP contribution in [0.5, 0.6) is 0 Å². The minimum Gasteiger partial charge on any atom is -0.0619 e. The van der Waals surface area contributed by atoms with Crippen LogP contribution in [0.3, 0.4) is 0 Å². The molecule has 0 aromatic heterocycles. The molecule has 0 aliphatic rings. The normalized spacial score (nSPS) is 13.4. The minimum atomic E-state index is -0.174. The summed E-state index contributed by atoms with van der Waals surface area (Å²) in [4.78, 5) is 0. The van der Waals surface area contributed by atoms with Crippen molar-refractivity contribution in [1.29, 1.82) is 0 Å². The van der Waals surface area contributed by atoms with Crippen molar-refractivity contribution >= 4 is 0 Å². The Labute approximate surface area is 282 Å². The molecule has 0 heterocycles. The van der Waals surface area contributed by atoms with Gasteiger partial charge in [0.15, 0.2) is 0 Å². The van der Waals surface area contributed by atoms with E-state index in [0.717, 1.165) is 44.5 Å². The zero-order valence-electron chi connectivity index (χ0n) is 32.2. The minimum absolute atomic E-state index is 0.174. The number of hydrogen-bond acceptors (Lipinski definition) is 0. The van der Waals surface area contributed by atoms with Crippen LogP contribution in [0.4, 0.5) is 0 Å². The van der Waals surface area contributed by atoms with Crippen LogP contribution in [0.15, 0.2) is 109 Å².